The lowest BCUT2D eigenvalue weighted by Crippen LogP contribution is -2.30. The SMILES string of the molecule is COc1cccc(CNC2c3ccccc3CC2(C)C)c1. The minimum atomic E-state index is 0.253. The zero-order valence-electron chi connectivity index (χ0n) is 13.0. The second-order valence-corrected chi connectivity index (χ2v) is 6.53. The number of rotatable bonds is 4. The van der Waals surface area contributed by atoms with Gasteiger partial charge in [0, 0.05) is 12.6 Å². The lowest BCUT2D eigenvalue weighted by atomic mass is 9.85. The number of hydrogen-bond acceptors (Lipinski definition) is 2. The molecule has 2 nitrogen and oxygen atoms in total. The molecule has 0 saturated heterocycles. The molecule has 2 aromatic carbocycles. The summed E-state index contributed by atoms with van der Waals surface area (Å²) in [5, 5.41) is 3.74. The van der Waals surface area contributed by atoms with Crippen molar-refractivity contribution in [3.05, 3.63) is 65.2 Å². The van der Waals surface area contributed by atoms with E-state index in [0.717, 1.165) is 18.7 Å². The molecule has 0 radical (unpaired) electrons. The van der Waals surface area contributed by atoms with E-state index < -0.39 is 0 Å². The van der Waals surface area contributed by atoms with E-state index in [9.17, 15) is 0 Å². The topological polar surface area (TPSA) is 21.3 Å². The van der Waals surface area contributed by atoms with E-state index in [1.807, 2.05) is 12.1 Å². The molecule has 0 fully saturated rings. The highest BCUT2D eigenvalue weighted by Gasteiger charge is 2.38. The van der Waals surface area contributed by atoms with E-state index in [-0.39, 0.29) is 5.41 Å². The van der Waals surface area contributed by atoms with Crippen LogP contribution in [-0.4, -0.2) is 7.11 Å². The molecule has 1 unspecified atom stereocenters. The van der Waals surface area contributed by atoms with Gasteiger partial charge in [0.05, 0.1) is 7.11 Å². The molecule has 0 aromatic heterocycles. The Labute approximate surface area is 127 Å². The Morgan fingerprint density at radius 1 is 1.14 bits per heavy atom. The van der Waals surface area contributed by atoms with Crippen molar-refractivity contribution < 1.29 is 4.74 Å². The van der Waals surface area contributed by atoms with Gasteiger partial charge < -0.3 is 10.1 Å². The van der Waals surface area contributed by atoms with Crippen molar-refractivity contribution >= 4 is 0 Å². The minimum Gasteiger partial charge on any atom is -0.497 e. The number of methoxy groups -OCH3 is 1. The molecule has 1 atom stereocenters. The molecule has 1 aliphatic rings. The number of hydrogen-bond donors (Lipinski definition) is 1. The Kier molecular flexibility index (Phi) is 3.73. The molecule has 0 bridgehead atoms. The van der Waals surface area contributed by atoms with Crippen LogP contribution in [0.1, 0.15) is 36.6 Å². The lowest BCUT2D eigenvalue weighted by molar-refractivity contribution is 0.268. The molecule has 0 heterocycles. The van der Waals surface area contributed by atoms with E-state index in [1.54, 1.807) is 7.11 Å². The summed E-state index contributed by atoms with van der Waals surface area (Å²) < 4.78 is 5.30. The Morgan fingerprint density at radius 3 is 2.76 bits per heavy atom. The van der Waals surface area contributed by atoms with Gasteiger partial charge in [0.1, 0.15) is 5.75 Å². The minimum absolute atomic E-state index is 0.253. The molecule has 2 heteroatoms. The highest BCUT2D eigenvalue weighted by Crippen LogP contribution is 2.45. The first-order chi connectivity index (χ1) is 10.1. The van der Waals surface area contributed by atoms with Crippen LogP contribution in [0.3, 0.4) is 0 Å². The summed E-state index contributed by atoms with van der Waals surface area (Å²) in [7, 11) is 1.71. The summed E-state index contributed by atoms with van der Waals surface area (Å²) in [5.74, 6) is 0.917. The van der Waals surface area contributed by atoms with Gasteiger partial charge in [0.15, 0.2) is 0 Å². The van der Waals surface area contributed by atoms with Crippen molar-refractivity contribution in [2.24, 2.45) is 5.41 Å². The number of benzene rings is 2. The summed E-state index contributed by atoms with van der Waals surface area (Å²) >= 11 is 0. The second kappa shape index (κ2) is 5.53. The third kappa shape index (κ3) is 2.81. The summed E-state index contributed by atoms with van der Waals surface area (Å²) in [4.78, 5) is 0. The van der Waals surface area contributed by atoms with Crippen molar-refractivity contribution in [3.63, 3.8) is 0 Å². The predicted octanol–water partition coefficient (Wildman–Crippen LogP) is 4.11. The van der Waals surface area contributed by atoms with Crippen LogP contribution in [-0.2, 0) is 13.0 Å². The largest absolute Gasteiger partial charge is 0.497 e. The number of ether oxygens (including phenoxy) is 1. The third-order valence-electron chi connectivity index (χ3n) is 4.44. The van der Waals surface area contributed by atoms with Crippen LogP contribution in [0.4, 0.5) is 0 Å². The van der Waals surface area contributed by atoms with Crippen molar-refractivity contribution in [1.29, 1.82) is 0 Å². The molecule has 3 rings (SSSR count). The first kappa shape index (κ1) is 14.2. The average Bonchev–Trinajstić information content (AvgIpc) is 2.75. The molecule has 21 heavy (non-hydrogen) atoms. The third-order valence-corrected chi connectivity index (χ3v) is 4.44. The van der Waals surface area contributed by atoms with E-state index in [0.29, 0.717) is 6.04 Å². The molecule has 0 saturated carbocycles. The van der Waals surface area contributed by atoms with E-state index in [2.05, 4.69) is 55.6 Å². The van der Waals surface area contributed by atoms with E-state index in [4.69, 9.17) is 4.74 Å². The number of nitrogens with one attached hydrogen (secondary N) is 1. The van der Waals surface area contributed by atoms with Gasteiger partial charge in [-0.3, -0.25) is 0 Å². The Hall–Kier alpha value is -1.80. The van der Waals surface area contributed by atoms with Crippen molar-refractivity contribution in [2.75, 3.05) is 7.11 Å². The van der Waals surface area contributed by atoms with Gasteiger partial charge in [-0.05, 0) is 40.7 Å². The highest BCUT2D eigenvalue weighted by molar-refractivity contribution is 5.38. The lowest BCUT2D eigenvalue weighted by Gasteiger charge is -2.29. The van der Waals surface area contributed by atoms with Crippen LogP contribution in [0.15, 0.2) is 48.5 Å². The molecule has 0 aliphatic heterocycles. The van der Waals surface area contributed by atoms with Gasteiger partial charge in [-0.1, -0.05) is 50.2 Å². The van der Waals surface area contributed by atoms with Crippen LogP contribution < -0.4 is 10.1 Å². The molecule has 2 aromatic rings. The van der Waals surface area contributed by atoms with Crippen LogP contribution >= 0.6 is 0 Å². The smallest absolute Gasteiger partial charge is 0.119 e. The van der Waals surface area contributed by atoms with Gasteiger partial charge in [-0.15, -0.1) is 0 Å². The molecule has 110 valence electrons. The average molecular weight is 281 g/mol. The Morgan fingerprint density at radius 2 is 1.95 bits per heavy atom. The van der Waals surface area contributed by atoms with E-state index in [1.165, 1.54) is 16.7 Å². The summed E-state index contributed by atoms with van der Waals surface area (Å²) in [6, 6.07) is 17.5. The maximum Gasteiger partial charge on any atom is 0.119 e. The molecule has 1 aliphatic carbocycles. The maximum absolute atomic E-state index is 5.30. The van der Waals surface area contributed by atoms with Crippen LogP contribution in [0.5, 0.6) is 5.75 Å². The maximum atomic E-state index is 5.30. The van der Waals surface area contributed by atoms with Crippen molar-refractivity contribution in [1.82, 2.24) is 5.32 Å². The Balaban J connectivity index is 1.77. The first-order valence-electron chi connectivity index (χ1n) is 7.54. The molecule has 0 amide bonds. The van der Waals surface area contributed by atoms with Crippen LogP contribution in [0, 0.1) is 5.41 Å². The van der Waals surface area contributed by atoms with Gasteiger partial charge in [0.2, 0.25) is 0 Å². The fourth-order valence-electron chi connectivity index (χ4n) is 3.38. The standard InChI is InChI=1S/C19H23NO/c1-19(2)12-15-8-4-5-10-17(15)18(19)20-13-14-7-6-9-16(11-14)21-3/h4-11,18,20H,12-13H2,1-3H3. The van der Waals surface area contributed by atoms with Crippen molar-refractivity contribution in [3.8, 4) is 5.75 Å². The highest BCUT2D eigenvalue weighted by atomic mass is 16.5. The summed E-state index contributed by atoms with van der Waals surface area (Å²) in [5.41, 5.74) is 4.44. The van der Waals surface area contributed by atoms with E-state index >= 15 is 0 Å². The van der Waals surface area contributed by atoms with Crippen LogP contribution in [0.25, 0.3) is 0 Å². The second-order valence-electron chi connectivity index (χ2n) is 6.53. The summed E-state index contributed by atoms with van der Waals surface area (Å²) in [6.07, 6.45) is 1.14. The monoisotopic (exact) mass is 281 g/mol. The first-order valence-corrected chi connectivity index (χ1v) is 7.54. The van der Waals surface area contributed by atoms with Gasteiger partial charge >= 0.3 is 0 Å². The molecule has 0 spiro atoms. The predicted molar refractivity (Wildman–Crippen MR) is 86.5 cm³/mol. The molecular weight excluding hydrogens is 258 g/mol. The zero-order valence-corrected chi connectivity index (χ0v) is 13.0. The zero-order chi connectivity index (χ0) is 14.9. The molecular formula is C19H23NO. The van der Waals surface area contributed by atoms with Gasteiger partial charge in [-0.2, -0.15) is 0 Å². The normalized spacial score (nSPS) is 19.3. The Bertz CT molecular complexity index is 633. The summed E-state index contributed by atoms with van der Waals surface area (Å²) in [6.45, 7) is 5.55. The molecule has 1 N–H and O–H groups in total. The number of fused-ring (bicyclic) bond motifs is 1. The van der Waals surface area contributed by atoms with Crippen molar-refractivity contribution in [2.45, 2.75) is 32.9 Å². The van der Waals surface area contributed by atoms with Crippen LogP contribution in [0.2, 0.25) is 0 Å². The van der Waals surface area contributed by atoms with Gasteiger partial charge in [0.25, 0.3) is 0 Å². The fraction of sp³-hybridized carbons (Fsp3) is 0.368. The van der Waals surface area contributed by atoms with Gasteiger partial charge in [-0.25, -0.2) is 0 Å². The fourth-order valence-corrected chi connectivity index (χ4v) is 3.38. The quantitative estimate of drug-likeness (QED) is 0.910.